The summed E-state index contributed by atoms with van der Waals surface area (Å²) >= 11 is 6.58. The molecule has 4 heteroatoms. The van der Waals surface area contributed by atoms with E-state index in [1.807, 2.05) is 78.7 Å². The molecule has 0 fully saturated rings. The van der Waals surface area contributed by atoms with Gasteiger partial charge in [0.15, 0.2) is 0 Å². The van der Waals surface area contributed by atoms with Crippen molar-refractivity contribution >= 4 is 28.6 Å². The van der Waals surface area contributed by atoms with Crippen molar-refractivity contribution in [3.63, 3.8) is 0 Å². The Kier molecular flexibility index (Phi) is 3.89. The van der Waals surface area contributed by atoms with Crippen molar-refractivity contribution in [3.05, 3.63) is 76.3 Å². The van der Waals surface area contributed by atoms with Crippen LogP contribution in [0, 0.1) is 22.7 Å². The van der Waals surface area contributed by atoms with Crippen molar-refractivity contribution < 1.29 is 0 Å². The number of hydrogen-bond donors (Lipinski definition) is 0. The van der Waals surface area contributed by atoms with Crippen LogP contribution in [0.4, 0.5) is 5.69 Å². The van der Waals surface area contributed by atoms with Crippen LogP contribution in [0.2, 0.25) is 0 Å². The highest BCUT2D eigenvalue weighted by Gasteiger charge is 2.30. The first-order chi connectivity index (χ1) is 11.2. The average Bonchev–Trinajstić information content (AvgIpc) is 2.89. The topological polar surface area (TPSA) is 50.8 Å². The second kappa shape index (κ2) is 6.01. The standard InChI is InChI=1S/C19H12ClN3/c1-23(14-7-3-2-4-8-14)19-16-10-6-5-9-15(16)17(18(19)20)13(11-21)12-22/h2-10H,1H3. The van der Waals surface area contributed by atoms with Crippen LogP contribution in [0.5, 0.6) is 0 Å². The van der Waals surface area contributed by atoms with E-state index in [0.717, 1.165) is 22.5 Å². The number of para-hydroxylation sites is 1. The lowest BCUT2D eigenvalue weighted by Gasteiger charge is -2.22. The molecule has 0 unspecified atom stereocenters. The summed E-state index contributed by atoms with van der Waals surface area (Å²) < 4.78 is 0. The van der Waals surface area contributed by atoms with E-state index in [2.05, 4.69) is 0 Å². The monoisotopic (exact) mass is 317 g/mol. The lowest BCUT2D eigenvalue weighted by Crippen LogP contribution is -2.14. The minimum absolute atomic E-state index is 0.0268. The Hall–Kier alpha value is -3.01. The molecule has 1 aliphatic rings. The molecule has 1 aliphatic carbocycles. The fraction of sp³-hybridized carbons (Fsp3) is 0.0526. The molecule has 0 aromatic heterocycles. The smallest absolute Gasteiger partial charge is 0.139 e. The molecular formula is C19H12ClN3. The summed E-state index contributed by atoms with van der Waals surface area (Å²) in [5, 5.41) is 18.9. The van der Waals surface area contributed by atoms with E-state index >= 15 is 0 Å². The molecule has 0 saturated heterocycles. The van der Waals surface area contributed by atoms with Crippen LogP contribution in [-0.2, 0) is 0 Å². The SMILES string of the molecule is CN(C1=C(Cl)C(=C(C#N)C#N)c2ccccc21)c1ccccc1. The van der Waals surface area contributed by atoms with Gasteiger partial charge in [0.1, 0.15) is 17.7 Å². The third kappa shape index (κ3) is 2.38. The van der Waals surface area contributed by atoms with Gasteiger partial charge in [-0.3, -0.25) is 0 Å². The minimum Gasteiger partial charge on any atom is -0.343 e. The summed E-state index contributed by atoms with van der Waals surface area (Å²) in [6.07, 6.45) is 0. The lowest BCUT2D eigenvalue weighted by molar-refractivity contribution is 1.22. The number of hydrogen-bond acceptors (Lipinski definition) is 3. The molecule has 0 heterocycles. The highest BCUT2D eigenvalue weighted by molar-refractivity contribution is 6.43. The summed E-state index contributed by atoms with van der Waals surface area (Å²) in [5.74, 6) is 0. The molecule has 0 amide bonds. The summed E-state index contributed by atoms with van der Waals surface area (Å²) in [4.78, 5) is 1.97. The molecule has 0 radical (unpaired) electrons. The van der Waals surface area contributed by atoms with E-state index in [0.29, 0.717) is 10.6 Å². The van der Waals surface area contributed by atoms with Crippen molar-refractivity contribution in [1.82, 2.24) is 0 Å². The Labute approximate surface area is 140 Å². The van der Waals surface area contributed by atoms with Gasteiger partial charge in [0.25, 0.3) is 0 Å². The Morgan fingerprint density at radius 1 is 0.913 bits per heavy atom. The minimum atomic E-state index is 0.0268. The van der Waals surface area contributed by atoms with Gasteiger partial charge in [-0.1, -0.05) is 54.1 Å². The van der Waals surface area contributed by atoms with E-state index in [4.69, 9.17) is 11.6 Å². The number of benzene rings is 2. The molecule has 0 aliphatic heterocycles. The molecule has 3 rings (SSSR count). The van der Waals surface area contributed by atoms with Gasteiger partial charge in [0.2, 0.25) is 0 Å². The molecule has 0 saturated carbocycles. The maximum Gasteiger partial charge on any atom is 0.139 e. The Balaban J connectivity index is 2.27. The van der Waals surface area contributed by atoms with Gasteiger partial charge in [0, 0.05) is 23.9 Å². The zero-order valence-electron chi connectivity index (χ0n) is 12.4. The quantitative estimate of drug-likeness (QED) is 0.764. The first kappa shape index (κ1) is 14.9. The molecule has 2 aromatic rings. The normalized spacial score (nSPS) is 12.4. The number of rotatable bonds is 2. The van der Waals surface area contributed by atoms with E-state index in [1.165, 1.54) is 0 Å². The highest BCUT2D eigenvalue weighted by atomic mass is 35.5. The third-order valence-corrected chi connectivity index (χ3v) is 4.20. The number of nitrogens with zero attached hydrogens (tertiary/aromatic N) is 3. The van der Waals surface area contributed by atoms with Crippen molar-refractivity contribution in [2.45, 2.75) is 0 Å². The number of nitriles is 2. The van der Waals surface area contributed by atoms with E-state index in [-0.39, 0.29) is 5.57 Å². The predicted octanol–water partition coefficient (Wildman–Crippen LogP) is 4.54. The van der Waals surface area contributed by atoms with Crippen LogP contribution in [0.1, 0.15) is 11.1 Å². The zero-order chi connectivity index (χ0) is 16.4. The van der Waals surface area contributed by atoms with E-state index < -0.39 is 0 Å². The molecule has 0 atom stereocenters. The molecule has 0 N–H and O–H groups in total. The van der Waals surface area contributed by atoms with Gasteiger partial charge >= 0.3 is 0 Å². The molecule has 2 aromatic carbocycles. The van der Waals surface area contributed by atoms with Gasteiger partial charge < -0.3 is 4.90 Å². The van der Waals surface area contributed by atoms with Crippen molar-refractivity contribution in [2.75, 3.05) is 11.9 Å². The van der Waals surface area contributed by atoms with Crippen LogP contribution in [-0.4, -0.2) is 7.05 Å². The zero-order valence-corrected chi connectivity index (χ0v) is 13.2. The van der Waals surface area contributed by atoms with Gasteiger partial charge in [-0.25, -0.2) is 0 Å². The first-order valence-electron chi connectivity index (χ1n) is 7.02. The Morgan fingerprint density at radius 2 is 1.48 bits per heavy atom. The number of halogens is 1. The molecule has 3 nitrogen and oxygen atoms in total. The van der Waals surface area contributed by atoms with Crippen LogP contribution in [0.15, 0.2) is 65.2 Å². The van der Waals surface area contributed by atoms with E-state index in [9.17, 15) is 10.5 Å². The molecule has 0 bridgehead atoms. The van der Waals surface area contributed by atoms with E-state index in [1.54, 1.807) is 0 Å². The van der Waals surface area contributed by atoms with Crippen LogP contribution in [0.25, 0.3) is 11.3 Å². The third-order valence-electron chi connectivity index (χ3n) is 3.83. The highest BCUT2D eigenvalue weighted by Crippen LogP contribution is 2.46. The van der Waals surface area contributed by atoms with Crippen LogP contribution < -0.4 is 4.90 Å². The Morgan fingerprint density at radius 3 is 2.09 bits per heavy atom. The fourth-order valence-electron chi connectivity index (χ4n) is 2.75. The number of allylic oxidation sites excluding steroid dienone is 3. The summed E-state index contributed by atoms with van der Waals surface area (Å²) in [5.41, 5.74) is 4.04. The average molecular weight is 318 g/mol. The molecular weight excluding hydrogens is 306 g/mol. The van der Waals surface area contributed by atoms with Gasteiger partial charge in [-0.15, -0.1) is 0 Å². The number of fused-ring (bicyclic) bond motifs is 1. The second-order valence-corrected chi connectivity index (χ2v) is 5.45. The van der Waals surface area contributed by atoms with Crippen LogP contribution >= 0.6 is 11.6 Å². The van der Waals surface area contributed by atoms with Crippen LogP contribution in [0.3, 0.4) is 0 Å². The maximum atomic E-state index is 9.25. The molecule has 110 valence electrons. The largest absolute Gasteiger partial charge is 0.343 e. The summed E-state index contributed by atoms with van der Waals surface area (Å²) in [6, 6.07) is 21.3. The molecule has 23 heavy (non-hydrogen) atoms. The van der Waals surface area contributed by atoms with Gasteiger partial charge in [-0.2, -0.15) is 10.5 Å². The van der Waals surface area contributed by atoms with Crippen molar-refractivity contribution in [2.24, 2.45) is 0 Å². The van der Waals surface area contributed by atoms with Crippen molar-refractivity contribution in [3.8, 4) is 12.1 Å². The summed E-state index contributed by atoms with van der Waals surface area (Å²) in [7, 11) is 1.92. The number of anilines is 1. The van der Waals surface area contributed by atoms with Gasteiger partial charge in [-0.05, 0) is 17.7 Å². The maximum absolute atomic E-state index is 9.25. The fourth-order valence-corrected chi connectivity index (χ4v) is 3.18. The Bertz CT molecular complexity index is 896. The predicted molar refractivity (Wildman–Crippen MR) is 92.2 cm³/mol. The lowest BCUT2D eigenvalue weighted by atomic mass is 10.0. The first-order valence-corrected chi connectivity index (χ1v) is 7.40. The van der Waals surface area contributed by atoms with Crippen molar-refractivity contribution in [1.29, 1.82) is 10.5 Å². The van der Waals surface area contributed by atoms with Gasteiger partial charge in [0.05, 0.1) is 10.7 Å². The molecule has 0 spiro atoms. The second-order valence-electron chi connectivity index (χ2n) is 5.08. The summed E-state index contributed by atoms with van der Waals surface area (Å²) in [6.45, 7) is 0.